The number of nitrogens with one attached hydrogen (secondary N) is 1. The van der Waals surface area contributed by atoms with Gasteiger partial charge < -0.3 is 5.32 Å². The maximum Gasteiger partial charge on any atom is 0.268 e. The van der Waals surface area contributed by atoms with E-state index in [2.05, 4.69) is 51.3 Å². The minimum absolute atomic E-state index is 0. The van der Waals surface area contributed by atoms with Crippen LogP contribution in [0.3, 0.4) is 0 Å². The van der Waals surface area contributed by atoms with E-state index in [4.69, 9.17) is 0 Å². The Morgan fingerprint density at radius 1 is 1.15 bits per heavy atom. The van der Waals surface area contributed by atoms with E-state index in [1.807, 2.05) is 6.07 Å². The van der Waals surface area contributed by atoms with Gasteiger partial charge in [0.15, 0.2) is 5.16 Å². The van der Waals surface area contributed by atoms with Gasteiger partial charge in [-0.05, 0) is 44.2 Å². The topological polar surface area (TPSA) is 29.1 Å². The van der Waals surface area contributed by atoms with Gasteiger partial charge in [-0.3, -0.25) is 4.79 Å². The zero-order chi connectivity index (χ0) is 14.3. The second kappa shape index (κ2) is 6.55. The molecular weight excluding hydrogens is 342 g/mol. The molecule has 2 rings (SSSR count). The molecule has 0 saturated heterocycles. The van der Waals surface area contributed by atoms with Crippen LogP contribution in [0, 0.1) is 13.8 Å². The van der Waals surface area contributed by atoms with Crippen molar-refractivity contribution in [2.45, 2.75) is 38.3 Å². The van der Waals surface area contributed by atoms with Crippen LogP contribution in [-0.4, -0.2) is 31.1 Å². The Balaban J connectivity index is 0.00000200. The van der Waals surface area contributed by atoms with Gasteiger partial charge in [0, 0.05) is 65.7 Å². The second-order valence-electron chi connectivity index (χ2n) is 6.62. The first-order valence-corrected chi connectivity index (χ1v) is 10.1. The average molecular weight is 367 g/mol. The number of amides is 1. The van der Waals surface area contributed by atoms with Crippen molar-refractivity contribution in [3.8, 4) is 0 Å². The zero-order valence-electron chi connectivity index (χ0n) is 13.3. The second-order valence-corrected chi connectivity index (χ2v) is 11.5. The third kappa shape index (κ3) is 3.18. The van der Waals surface area contributed by atoms with Crippen LogP contribution in [0.1, 0.15) is 30.4 Å². The van der Waals surface area contributed by atoms with Gasteiger partial charge >= 0.3 is 0 Å². The Kier molecular flexibility index (Phi) is 5.98. The molecule has 4 heteroatoms. The van der Waals surface area contributed by atoms with E-state index in [-0.39, 0.29) is 43.8 Å². The van der Waals surface area contributed by atoms with Crippen molar-refractivity contribution in [3.63, 3.8) is 0 Å². The van der Waals surface area contributed by atoms with Crippen LogP contribution in [0.5, 0.6) is 0 Å². The Labute approximate surface area is 148 Å². The summed E-state index contributed by atoms with van der Waals surface area (Å²) in [5.41, 5.74) is 3.30. The molecule has 107 valence electrons. The fourth-order valence-corrected chi connectivity index (χ4v) is 5.28. The molecule has 0 atom stereocenters. The fraction of sp³-hybridized carbons (Fsp3) is 0.562. The third-order valence-corrected chi connectivity index (χ3v) is 7.83. The minimum Gasteiger partial charge on any atom is -0.322 e. The minimum atomic E-state index is -1.19. The van der Waals surface area contributed by atoms with Crippen LogP contribution in [0.4, 0.5) is 5.69 Å². The standard InChI is InChI=1S/C16H24NOP.Y/c1-12-8-6-9-13(2)14(12)17-15(18)16(10-7-11-16)19(3,4)5;/h6,8-9H,7,10-11H2,1-5H3;/p+1. The first-order valence-electron chi connectivity index (χ1n) is 6.97. The first kappa shape index (κ1) is 18.3. The predicted molar refractivity (Wildman–Crippen MR) is 85.8 cm³/mol. The average Bonchev–Trinajstić information content (AvgIpc) is 2.19. The number of hydrogen-bond acceptors (Lipinski definition) is 1. The van der Waals surface area contributed by atoms with E-state index in [1.165, 1.54) is 6.42 Å². The molecule has 1 aliphatic rings. The number of para-hydroxylation sites is 1. The summed E-state index contributed by atoms with van der Waals surface area (Å²) in [4.78, 5) is 12.8. The van der Waals surface area contributed by atoms with Crippen molar-refractivity contribution in [3.05, 3.63) is 29.3 Å². The van der Waals surface area contributed by atoms with Crippen LogP contribution < -0.4 is 5.32 Å². The van der Waals surface area contributed by atoms with Crippen LogP contribution in [0.25, 0.3) is 0 Å². The SMILES string of the molecule is Cc1cccc(C)c1NC(=O)C1([P+](C)(C)C)CCC1.[Y]. The van der Waals surface area contributed by atoms with Gasteiger partial charge in [-0.15, -0.1) is 0 Å². The molecule has 0 spiro atoms. The summed E-state index contributed by atoms with van der Waals surface area (Å²) >= 11 is 0. The summed E-state index contributed by atoms with van der Waals surface area (Å²) in [7, 11) is -1.19. The predicted octanol–water partition coefficient (Wildman–Crippen LogP) is 4.07. The zero-order valence-corrected chi connectivity index (χ0v) is 17.0. The molecule has 1 saturated carbocycles. The Morgan fingerprint density at radius 2 is 1.65 bits per heavy atom. The number of carbonyl (C=O) groups excluding carboxylic acids is 1. The number of aryl methyl sites for hydroxylation is 2. The van der Waals surface area contributed by atoms with Gasteiger partial charge in [-0.25, -0.2) is 0 Å². The molecule has 0 unspecified atom stereocenters. The van der Waals surface area contributed by atoms with Crippen LogP contribution in [0.15, 0.2) is 18.2 Å². The van der Waals surface area contributed by atoms with Gasteiger partial charge in [-0.2, -0.15) is 0 Å². The molecule has 2 nitrogen and oxygen atoms in total. The van der Waals surface area contributed by atoms with Crippen molar-refractivity contribution < 1.29 is 37.5 Å². The fourth-order valence-electron chi connectivity index (χ4n) is 2.96. The summed E-state index contributed by atoms with van der Waals surface area (Å²) in [6.07, 6.45) is 3.31. The van der Waals surface area contributed by atoms with Crippen LogP contribution in [0.2, 0.25) is 0 Å². The Hall–Kier alpha value is 0.224. The quantitative estimate of drug-likeness (QED) is 0.802. The third-order valence-electron chi connectivity index (χ3n) is 4.61. The molecular formula is C16H25NOPY+. The van der Waals surface area contributed by atoms with E-state index < -0.39 is 7.26 Å². The van der Waals surface area contributed by atoms with Gasteiger partial charge in [0.2, 0.25) is 0 Å². The summed E-state index contributed by atoms with van der Waals surface area (Å²) in [6.45, 7) is 11.0. The van der Waals surface area contributed by atoms with Crippen molar-refractivity contribution >= 4 is 18.9 Å². The molecule has 0 heterocycles. The molecule has 1 aromatic rings. The smallest absolute Gasteiger partial charge is 0.268 e. The largest absolute Gasteiger partial charge is 0.322 e. The monoisotopic (exact) mass is 367 g/mol. The summed E-state index contributed by atoms with van der Waals surface area (Å²) in [5, 5.41) is 3.14. The van der Waals surface area contributed by atoms with Crippen molar-refractivity contribution in [2.75, 3.05) is 25.3 Å². The molecule has 1 radical (unpaired) electrons. The summed E-state index contributed by atoms with van der Waals surface area (Å²) in [6, 6.07) is 6.15. The van der Waals surface area contributed by atoms with Crippen LogP contribution in [-0.2, 0) is 37.5 Å². The van der Waals surface area contributed by atoms with E-state index >= 15 is 0 Å². The number of rotatable bonds is 3. The molecule has 1 aromatic carbocycles. The van der Waals surface area contributed by atoms with E-state index in [0.717, 1.165) is 29.7 Å². The first-order chi connectivity index (χ1) is 8.78. The molecule has 0 aliphatic heterocycles. The van der Waals surface area contributed by atoms with Gasteiger partial charge in [0.1, 0.15) is 0 Å². The number of benzene rings is 1. The summed E-state index contributed by atoms with van der Waals surface area (Å²) < 4.78 is 0. The summed E-state index contributed by atoms with van der Waals surface area (Å²) in [5.74, 6) is 0.247. The van der Waals surface area contributed by atoms with Gasteiger partial charge in [0.25, 0.3) is 5.91 Å². The van der Waals surface area contributed by atoms with E-state index in [9.17, 15) is 4.79 Å². The van der Waals surface area contributed by atoms with Gasteiger partial charge in [-0.1, -0.05) is 18.2 Å². The maximum absolute atomic E-state index is 12.8. The number of anilines is 1. The molecule has 1 aliphatic carbocycles. The molecule has 20 heavy (non-hydrogen) atoms. The molecule has 1 amide bonds. The maximum atomic E-state index is 12.8. The Bertz CT molecular complexity index is 483. The number of carbonyl (C=O) groups is 1. The molecule has 1 N–H and O–H groups in total. The normalized spacial score (nSPS) is 16.9. The van der Waals surface area contributed by atoms with E-state index in [0.29, 0.717) is 0 Å². The van der Waals surface area contributed by atoms with Crippen LogP contribution >= 0.6 is 7.26 Å². The molecule has 0 aromatic heterocycles. The molecule has 1 fully saturated rings. The molecule has 0 bridgehead atoms. The van der Waals surface area contributed by atoms with Gasteiger partial charge in [0.05, 0.1) is 0 Å². The van der Waals surface area contributed by atoms with Crippen molar-refractivity contribution in [1.29, 1.82) is 0 Å². The van der Waals surface area contributed by atoms with E-state index in [1.54, 1.807) is 0 Å². The number of hydrogen-bond donors (Lipinski definition) is 1. The van der Waals surface area contributed by atoms with Crippen molar-refractivity contribution in [2.24, 2.45) is 0 Å². The Morgan fingerprint density at radius 3 is 2.00 bits per heavy atom. The van der Waals surface area contributed by atoms with Crippen molar-refractivity contribution in [1.82, 2.24) is 0 Å².